The smallest absolute Gasteiger partial charge is 0.251 e. The van der Waals surface area contributed by atoms with E-state index in [9.17, 15) is 4.79 Å². The lowest BCUT2D eigenvalue weighted by Crippen LogP contribution is -2.25. The van der Waals surface area contributed by atoms with Crippen molar-refractivity contribution in [3.8, 4) is 0 Å². The molecule has 0 saturated heterocycles. The van der Waals surface area contributed by atoms with Gasteiger partial charge >= 0.3 is 0 Å². The molecular formula is C12H11BrClN3O. The molecule has 1 amide bonds. The number of hydrogen-bond acceptors (Lipinski definition) is 2. The molecule has 94 valence electrons. The maximum Gasteiger partial charge on any atom is 0.251 e. The number of imidazole rings is 1. The average molecular weight is 329 g/mol. The third kappa shape index (κ3) is 3.34. The van der Waals surface area contributed by atoms with Gasteiger partial charge in [-0.2, -0.15) is 0 Å². The summed E-state index contributed by atoms with van der Waals surface area (Å²) in [6.45, 7) is 0.550. The third-order valence-corrected chi connectivity index (χ3v) is 3.65. The van der Waals surface area contributed by atoms with Crippen LogP contribution in [0.3, 0.4) is 0 Å². The Balaban J connectivity index is 1.89. The monoisotopic (exact) mass is 327 g/mol. The van der Waals surface area contributed by atoms with Gasteiger partial charge in [-0.3, -0.25) is 4.79 Å². The topological polar surface area (TPSA) is 57.8 Å². The standard InChI is InChI=1S/C12H11BrClN3O/c13-10-2-1-8(5-11(10)14)12(18)16-4-3-9-6-15-7-17-9/h1-2,5-7H,3-4H2,(H,15,17)(H,16,18). The first-order chi connectivity index (χ1) is 8.66. The van der Waals surface area contributed by atoms with E-state index in [1.165, 1.54) is 0 Å². The zero-order valence-electron chi connectivity index (χ0n) is 9.41. The van der Waals surface area contributed by atoms with Crippen LogP contribution >= 0.6 is 27.5 Å². The van der Waals surface area contributed by atoms with Crippen LogP contribution in [0.15, 0.2) is 35.2 Å². The molecule has 0 fully saturated rings. The van der Waals surface area contributed by atoms with Gasteiger partial charge in [-0.25, -0.2) is 4.98 Å². The largest absolute Gasteiger partial charge is 0.352 e. The normalized spacial score (nSPS) is 10.3. The molecule has 1 aromatic carbocycles. The number of benzene rings is 1. The van der Waals surface area contributed by atoms with Gasteiger partial charge in [0.05, 0.1) is 11.3 Å². The minimum absolute atomic E-state index is 0.135. The van der Waals surface area contributed by atoms with E-state index in [2.05, 4.69) is 31.2 Å². The molecule has 2 N–H and O–H groups in total. The number of carbonyl (C=O) groups excluding carboxylic acids is 1. The summed E-state index contributed by atoms with van der Waals surface area (Å²) in [5.74, 6) is -0.135. The summed E-state index contributed by atoms with van der Waals surface area (Å²) in [7, 11) is 0. The fraction of sp³-hybridized carbons (Fsp3) is 0.167. The van der Waals surface area contributed by atoms with Gasteiger partial charge in [0.2, 0.25) is 0 Å². The highest BCUT2D eigenvalue weighted by molar-refractivity contribution is 9.10. The Bertz CT molecular complexity index is 542. The van der Waals surface area contributed by atoms with Gasteiger partial charge in [0.25, 0.3) is 5.91 Å². The molecule has 1 heterocycles. The van der Waals surface area contributed by atoms with Crippen LogP contribution in [0.4, 0.5) is 0 Å². The molecule has 1 aromatic heterocycles. The Morgan fingerprint density at radius 2 is 2.33 bits per heavy atom. The minimum Gasteiger partial charge on any atom is -0.352 e. The number of nitrogens with one attached hydrogen (secondary N) is 2. The summed E-state index contributed by atoms with van der Waals surface area (Å²) in [6.07, 6.45) is 4.07. The summed E-state index contributed by atoms with van der Waals surface area (Å²) in [4.78, 5) is 18.7. The number of nitrogens with zero attached hydrogens (tertiary/aromatic N) is 1. The van der Waals surface area contributed by atoms with Crippen molar-refractivity contribution in [1.29, 1.82) is 0 Å². The van der Waals surface area contributed by atoms with Gasteiger partial charge in [0.1, 0.15) is 0 Å². The van der Waals surface area contributed by atoms with E-state index >= 15 is 0 Å². The summed E-state index contributed by atoms with van der Waals surface area (Å²) >= 11 is 9.22. The highest BCUT2D eigenvalue weighted by Gasteiger charge is 2.07. The Labute approximate surface area is 118 Å². The quantitative estimate of drug-likeness (QED) is 0.906. The van der Waals surface area contributed by atoms with E-state index < -0.39 is 0 Å². The van der Waals surface area contributed by atoms with Gasteiger partial charge in [0, 0.05) is 34.9 Å². The number of rotatable bonds is 4. The van der Waals surface area contributed by atoms with E-state index in [4.69, 9.17) is 11.6 Å². The Morgan fingerprint density at radius 1 is 1.50 bits per heavy atom. The summed E-state index contributed by atoms with van der Waals surface area (Å²) in [5, 5.41) is 3.35. The lowest BCUT2D eigenvalue weighted by molar-refractivity contribution is 0.0954. The zero-order valence-corrected chi connectivity index (χ0v) is 11.8. The van der Waals surface area contributed by atoms with E-state index in [-0.39, 0.29) is 5.91 Å². The SMILES string of the molecule is O=C(NCCc1cnc[nH]1)c1ccc(Br)c(Cl)c1. The Hall–Kier alpha value is -1.33. The van der Waals surface area contributed by atoms with Crippen LogP contribution in [0.2, 0.25) is 5.02 Å². The van der Waals surface area contributed by atoms with Crippen LogP contribution in [0, 0.1) is 0 Å². The number of aromatic amines is 1. The number of carbonyl (C=O) groups is 1. The fourth-order valence-corrected chi connectivity index (χ4v) is 1.90. The van der Waals surface area contributed by atoms with E-state index in [0.717, 1.165) is 16.6 Å². The molecule has 18 heavy (non-hydrogen) atoms. The minimum atomic E-state index is -0.135. The van der Waals surface area contributed by atoms with Crippen LogP contribution in [0.5, 0.6) is 0 Å². The first kappa shape index (κ1) is 13.1. The van der Waals surface area contributed by atoms with Crippen LogP contribution in [-0.2, 0) is 6.42 Å². The fourth-order valence-electron chi connectivity index (χ4n) is 1.47. The zero-order chi connectivity index (χ0) is 13.0. The summed E-state index contributed by atoms with van der Waals surface area (Å²) in [6, 6.07) is 5.12. The predicted molar refractivity (Wildman–Crippen MR) is 73.8 cm³/mol. The Kier molecular flexibility index (Phi) is 4.38. The van der Waals surface area contributed by atoms with Crippen LogP contribution in [0.1, 0.15) is 16.1 Å². The highest BCUT2D eigenvalue weighted by atomic mass is 79.9. The molecule has 6 heteroatoms. The molecule has 0 atom stereocenters. The molecular weight excluding hydrogens is 318 g/mol. The molecule has 2 aromatic rings. The first-order valence-corrected chi connectivity index (χ1v) is 6.54. The van der Waals surface area contributed by atoms with Gasteiger partial charge in [-0.15, -0.1) is 0 Å². The molecule has 0 spiro atoms. The van der Waals surface area contributed by atoms with Crippen molar-refractivity contribution in [3.63, 3.8) is 0 Å². The van der Waals surface area contributed by atoms with E-state index in [1.807, 2.05) is 0 Å². The molecule has 0 aliphatic carbocycles. The first-order valence-electron chi connectivity index (χ1n) is 5.37. The van der Waals surface area contributed by atoms with Gasteiger partial charge in [-0.05, 0) is 34.1 Å². The van der Waals surface area contributed by atoms with Gasteiger partial charge in [0.15, 0.2) is 0 Å². The van der Waals surface area contributed by atoms with Crippen molar-refractivity contribution >= 4 is 33.4 Å². The van der Waals surface area contributed by atoms with Crippen molar-refractivity contribution in [1.82, 2.24) is 15.3 Å². The van der Waals surface area contributed by atoms with Crippen LogP contribution < -0.4 is 5.32 Å². The lowest BCUT2D eigenvalue weighted by atomic mass is 10.2. The van der Waals surface area contributed by atoms with Crippen molar-refractivity contribution in [2.45, 2.75) is 6.42 Å². The number of H-pyrrole nitrogens is 1. The predicted octanol–water partition coefficient (Wildman–Crippen LogP) is 2.80. The second-order valence-corrected chi connectivity index (χ2v) is 4.97. The van der Waals surface area contributed by atoms with Crippen LogP contribution in [-0.4, -0.2) is 22.4 Å². The molecule has 0 saturated carbocycles. The van der Waals surface area contributed by atoms with Crippen molar-refractivity contribution < 1.29 is 4.79 Å². The maximum absolute atomic E-state index is 11.8. The second kappa shape index (κ2) is 6.02. The molecule has 2 rings (SSSR count). The maximum atomic E-state index is 11.8. The van der Waals surface area contributed by atoms with Crippen LogP contribution in [0.25, 0.3) is 0 Å². The molecule has 0 unspecified atom stereocenters. The Morgan fingerprint density at radius 3 is 3.00 bits per heavy atom. The van der Waals surface area contributed by atoms with E-state index in [1.54, 1.807) is 30.7 Å². The number of hydrogen-bond donors (Lipinski definition) is 2. The molecule has 0 aliphatic rings. The van der Waals surface area contributed by atoms with Crippen molar-refractivity contribution in [3.05, 3.63) is 51.5 Å². The third-order valence-electron chi connectivity index (χ3n) is 2.42. The average Bonchev–Trinajstić information content (AvgIpc) is 2.85. The summed E-state index contributed by atoms with van der Waals surface area (Å²) < 4.78 is 0.776. The van der Waals surface area contributed by atoms with Gasteiger partial charge in [-0.1, -0.05) is 11.6 Å². The number of amides is 1. The number of halogens is 2. The molecule has 0 aliphatic heterocycles. The van der Waals surface area contributed by atoms with Crippen molar-refractivity contribution in [2.24, 2.45) is 0 Å². The van der Waals surface area contributed by atoms with Gasteiger partial charge < -0.3 is 10.3 Å². The molecule has 0 bridgehead atoms. The van der Waals surface area contributed by atoms with Crippen molar-refractivity contribution in [2.75, 3.05) is 6.54 Å². The molecule has 4 nitrogen and oxygen atoms in total. The number of aromatic nitrogens is 2. The lowest BCUT2D eigenvalue weighted by Gasteiger charge is -2.05. The summed E-state index contributed by atoms with van der Waals surface area (Å²) in [5.41, 5.74) is 1.54. The highest BCUT2D eigenvalue weighted by Crippen LogP contribution is 2.23. The second-order valence-electron chi connectivity index (χ2n) is 3.71. The molecule has 0 radical (unpaired) electrons. The van der Waals surface area contributed by atoms with E-state index in [0.29, 0.717) is 17.1 Å².